The lowest BCUT2D eigenvalue weighted by atomic mass is 10.1. The average Bonchev–Trinajstić information content (AvgIpc) is 2.69. The second-order valence-corrected chi connectivity index (χ2v) is 7.39. The number of hydrazone groups is 1. The van der Waals surface area contributed by atoms with E-state index in [0.29, 0.717) is 11.5 Å². The van der Waals surface area contributed by atoms with Gasteiger partial charge in [-0.1, -0.05) is 30.3 Å². The lowest BCUT2D eigenvalue weighted by Gasteiger charge is -2.06. The number of hydrogen-bond acceptors (Lipinski definition) is 7. The van der Waals surface area contributed by atoms with Gasteiger partial charge in [0, 0.05) is 11.8 Å². The van der Waals surface area contributed by atoms with Crippen molar-refractivity contribution in [2.45, 2.75) is 11.8 Å². The van der Waals surface area contributed by atoms with Gasteiger partial charge in [-0.05, 0) is 37.3 Å². The first-order chi connectivity index (χ1) is 13.0. The Morgan fingerprint density at radius 3 is 2.59 bits per heavy atom. The summed E-state index contributed by atoms with van der Waals surface area (Å²) in [5.74, 6) is 0.643. The highest BCUT2D eigenvalue weighted by molar-refractivity contribution is 8.07. The van der Waals surface area contributed by atoms with Gasteiger partial charge in [0.2, 0.25) is 9.84 Å². The highest BCUT2D eigenvalue weighted by Gasteiger charge is 2.22. The smallest absolute Gasteiger partial charge is 0.256 e. The van der Waals surface area contributed by atoms with E-state index in [0.717, 1.165) is 11.3 Å². The molecule has 2 aromatic carbocycles. The normalized spacial score (nSPS) is 11.6. The molecule has 7 nitrogen and oxygen atoms in total. The molecular formula is C19H15N5O2S. The zero-order valence-electron chi connectivity index (χ0n) is 14.4. The lowest BCUT2D eigenvalue weighted by molar-refractivity contribution is 0.607. The summed E-state index contributed by atoms with van der Waals surface area (Å²) >= 11 is 0. The molecular weight excluding hydrogens is 362 g/mol. The molecule has 0 atom stereocenters. The number of nitriles is 1. The van der Waals surface area contributed by atoms with E-state index in [4.69, 9.17) is 0 Å². The minimum Gasteiger partial charge on any atom is -0.276 e. The zero-order chi connectivity index (χ0) is 19.3. The molecule has 0 aliphatic rings. The third-order valence-electron chi connectivity index (χ3n) is 3.62. The summed E-state index contributed by atoms with van der Waals surface area (Å²) in [5.41, 5.74) is 4.71. The van der Waals surface area contributed by atoms with Gasteiger partial charge in [-0.2, -0.15) is 10.4 Å². The number of sulfone groups is 1. The Kier molecular flexibility index (Phi) is 5.24. The summed E-state index contributed by atoms with van der Waals surface area (Å²) in [5, 5.41) is 12.4. The first-order valence-electron chi connectivity index (χ1n) is 7.95. The van der Waals surface area contributed by atoms with Crippen LogP contribution in [0.2, 0.25) is 0 Å². The van der Waals surface area contributed by atoms with E-state index in [1.54, 1.807) is 61.7 Å². The number of rotatable bonds is 4. The van der Waals surface area contributed by atoms with Crippen LogP contribution in [0.15, 0.2) is 76.9 Å². The van der Waals surface area contributed by atoms with Crippen molar-refractivity contribution in [1.29, 1.82) is 5.26 Å². The van der Waals surface area contributed by atoms with E-state index in [2.05, 4.69) is 20.5 Å². The number of nitrogens with one attached hydrogen (secondary N) is 1. The van der Waals surface area contributed by atoms with Crippen LogP contribution in [-0.4, -0.2) is 23.4 Å². The molecule has 0 bridgehead atoms. The second kappa shape index (κ2) is 7.76. The van der Waals surface area contributed by atoms with Crippen LogP contribution in [0.4, 0.5) is 5.69 Å². The number of hydrogen-bond donors (Lipinski definition) is 1. The quantitative estimate of drug-likeness (QED) is 0.425. The van der Waals surface area contributed by atoms with Crippen LogP contribution < -0.4 is 5.43 Å². The molecule has 1 aromatic heterocycles. The minimum atomic E-state index is -3.98. The van der Waals surface area contributed by atoms with Crippen molar-refractivity contribution in [2.75, 3.05) is 5.43 Å². The molecule has 3 aromatic rings. The van der Waals surface area contributed by atoms with Crippen molar-refractivity contribution in [3.8, 4) is 17.3 Å². The number of aromatic nitrogens is 2. The number of nitrogens with zero attached hydrogens (tertiary/aromatic N) is 4. The lowest BCUT2D eigenvalue weighted by Crippen LogP contribution is -2.15. The molecule has 8 heteroatoms. The van der Waals surface area contributed by atoms with Crippen LogP contribution in [0, 0.1) is 18.3 Å². The van der Waals surface area contributed by atoms with Crippen LogP contribution in [0.25, 0.3) is 11.3 Å². The fraction of sp³-hybridized carbons (Fsp3) is 0.0526. The highest BCUT2D eigenvalue weighted by Crippen LogP contribution is 2.21. The van der Waals surface area contributed by atoms with Gasteiger partial charge in [-0.3, -0.25) is 5.43 Å². The van der Waals surface area contributed by atoms with Crippen molar-refractivity contribution >= 4 is 20.6 Å². The Balaban J connectivity index is 1.89. The average molecular weight is 377 g/mol. The molecule has 0 unspecified atom stereocenters. The van der Waals surface area contributed by atoms with Gasteiger partial charge in [-0.25, -0.2) is 18.4 Å². The molecule has 134 valence electrons. The second-order valence-electron chi connectivity index (χ2n) is 5.53. The van der Waals surface area contributed by atoms with Crippen LogP contribution in [0.3, 0.4) is 0 Å². The maximum Gasteiger partial charge on any atom is 0.256 e. The summed E-state index contributed by atoms with van der Waals surface area (Å²) in [7, 11) is -3.98. The fourth-order valence-corrected chi connectivity index (χ4v) is 3.36. The Morgan fingerprint density at radius 2 is 1.89 bits per heavy atom. The van der Waals surface area contributed by atoms with Gasteiger partial charge < -0.3 is 0 Å². The van der Waals surface area contributed by atoms with E-state index in [-0.39, 0.29) is 4.90 Å². The van der Waals surface area contributed by atoms with E-state index in [1.165, 1.54) is 12.1 Å². The third-order valence-corrected chi connectivity index (χ3v) is 5.21. The summed E-state index contributed by atoms with van der Waals surface area (Å²) in [4.78, 5) is 8.43. The number of benzene rings is 2. The van der Waals surface area contributed by atoms with Crippen LogP contribution in [-0.2, 0) is 9.84 Å². The Hall–Kier alpha value is -3.57. The maximum absolute atomic E-state index is 12.5. The molecule has 0 saturated carbocycles. The molecule has 0 aliphatic carbocycles. The summed E-state index contributed by atoms with van der Waals surface area (Å²) in [6.45, 7) is 1.80. The van der Waals surface area contributed by atoms with E-state index >= 15 is 0 Å². The largest absolute Gasteiger partial charge is 0.276 e. The van der Waals surface area contributed by atoms with E-state index in [9.17, 15) is 13.7 Å². The summed E-state index contributed by atoms with van der Waals surface area (Å²) in [6, 6.07) is 18.2. The summed E-state index contributed by atoms with van der Waals surface area (Å²) < 4.78 is 25.0. The van der Waals surface area contributed by atoms with Crippen molar-refractivity contribution in [2.24, 2.45) is 5.10 Å². The molecule has 0 spiro atoms. The zero-order valence-corrected chi connectivity index (χ0v) is 15.2. The van der Waals surface area contributed by atoms with Gasteiger partial charge in [0.1, 0.15) is 11.9 Å². The first-order valence-corrected chi connectivity index (χ1v) is 9.43. The van der Waals surface area contributed by atoms with Crippen molar-refractivity contribution < 1.29 is 8.42 Å². The number of anilines is 1. The third kappa shape index (κ3) is 4.16. The van der Waals surface area contributed by atoms with Gasteiger partial charge in [0.25, 0.3) is 5.04 Å². The minimum absolute atomic E-state index is 0.0114. The first kappa shape index (κ1) is 18.2. The molecule has 0 saturated heterocycles. The molecule has 27 heavy (non-hydrogen) atoms. The van der Waals surface area contributed by atoms with Crippen LogP contribution >= 0.6 is 0 Å². The molecule has 1 N–H and O–H groups in total. The highest BCUT2D eigenvalue weighted by atomic mass is 32.2. The van der Waals surface area contributed by atoms with Gasteiger partial charge in [-0.15, -0.1) is 0 Å². The van der Waals surface area contributed by atoms with Crippen LogP contribution in [0.1, 0.15) is 5.82 Å². The Bertz CT molecular complexity index is 1140. The fourth-order valence-electron chi connectivity index (χ4n) is 2.34. The van der Waals surface area contributed by atoms with Crippen molar-refractivity contribution in [3.63, 3.8) is 0 Å². The standard InChI is InChI=1S/C19H15N5O2S/c1-14-21-11-10-18(22-14)15-6-5-7-16(12-15)23-24-19(13-20)27(25,26)17-8-3-2-4-9-17/h2-12,23H,1H3/b24-19+. The van der Waals surface area contributed by atoms with Gasteiger partial charge >= 0.3 is 0 Å². The topological polar surface area (TPSA) is 108 Å². The van der Waals surface area contributed by atoms with Crippen LogP contribution in [0.5, 0.6) is 0 Å². The Morgan fingerprint density at radius 1 is 1.11 bits per heavy atom. The molecule has 0 amide bonds. The monoisotopic (exact) mass is 377 g/mol. The van der Waals surface area contributed by atoms with E-state index in [1.807, 2.05) is 6.07 Å². The predicted octanol–water partition coefficient (Wildman–Crippen LogP) is 3.17. The molecule has 3 rings (SSSR count). The van der Waals surface area contributed by atoms with Crippen molar-refractivity contribution in [1.82, 2.24) is 9.97 Å². The number of aryl methyl sites for hydroxylation is 1. The SMILES string of the molecule is Cc1nccc(-c2cccc(N/N=C(\C#N)S(=O)(=O)c3ccccc3)c2)n1. The van der Waals surface area contributed by atoms with E-state index < -0.39 is 14.9 Å². The molecule has 0 fully saturated rings. The van der Waals surface area contributed by atoms with Crippen molar-refractivity contribution in [3.05, 3.63) is 72.7 Å². The maximum atomic E-state index is 12.5. The molecule has 0 radical (unpaired) electrons. The van der Waals surface area contributed by atoms with Gasteiger partial charge in [0.05, 0.1) is 16.3 Å². The predicted molar refractivity (Wildman–Crippen MR) is 103 cm³/mol. The summed E-state index contributed by atoms with van der Waals surface area (Å²) in [6.07, 6.45) is 1.66. The Labute approximate surface area is 157 Å². The van der Waals surface area contributed by atoms with Gasteiger partial charge in [0.15, 0.2) is 0 Å². The molecule has 0 aliphatic heterocycles. The molecule has 1 heterocycles.